The molecule has 0 saturated carbocycles. The number of alkyl halides is 3. The summed E-state index contributed by atoms with van der Waals surface area (Å²) in [5.74, 6) is -0.119. The molecule has 0 bridgehead atoms. The number of aliphatic hydroxyl groups excluding tert-OH is 1. The van der Waals surface area contributed by atoms with Crippen molar-refractivity contribution in [1.82, 2.24) is 4.72 Å². The van der Waals surface area contributed by atoms with E-state index in [2.05, 4.69) is 4.72 Å². The minimum atomic E-state index is -4.62. The molecule has 3 aromatic rings. The van der Waals surface area contributed by atoms with Gasteiger partial charge in [0, 0.05) is 0 Å². The minimum Gasteiger partial charge on any atom is -0.453 e. The highest BCUT2D eigenvalue weighted by Gasteiger charge is 2.43. The smallest absolute Gasteiger partial charge is 0.416 e. The predicted octanol–water partition coefficient (Wildman–Crippen LogP) is 4.20. The Balaban J connectivity index is 1.51. The van der Waals surface area contributed by atoms with Gasteiger partial charge in [-0.15, -0.1) is 0 Å². The molecule has 7 nitrogen and oxygen atoms in total. The Morgan fingerprint density at radius 3 is 2.36 bits per heavy atom. The first-order valence-corrected chi connectivity index (χ1v) is 12.3. The number of halogens is 4. The summed E-state index contributed by atoms with van der Waals surface area (Å²) >= 11 is 0. The summed E-state index contributed by atoms with van der Waals surface area (Å²) in [5.41, 5.74) is -0.466. The standard InChI is InChI=1S/C24H20F4N2O5S/c25-15-6-8-16(9-7-15)36(32,33)29-17-12-34-13-20(23(17)31)30-18-3-1-2-4-21(18)35-22-10-5-14(11-19(22)30)24(26,27)28/h1-11,17,20,23,29,31H,12-13H2/t17-,20+,23+/m1/s1. The van der Waals surface area contributed by atoms with E-state index in [1.54, 1.807) is 24.3 Å². The maximum Gasteiger partial charge on any atom is 0.416 e. The van der Waals surface area contributed by atoms with Gasteiger partial charge < -0.3 is 19.5 Å². The summed E-state index contributed by atoms with van der Waals surface area (Å²) in [7, 11) is -4.16. The second-order valence-corrected chi connectivity index (χ2v) is 10.1. The van der Waals surface area contributed by atoms with E-state index in [9.17, 15) is 31.1 Å². The van der Waals surface area contributed by atoms with Crippen molar-refractivity contribution in [2.45, 2.75) is 29.3 Å². The van der Waals surface area contributed by atoms with Gasteiger partial charge in [0.2, 0.25) is 10.0 Å². The van der Waals surface area contributed by atoms with Crippen molar-refractivity contribution in [2.75, 3.05) is 18.1 Å². The first kappa shape index (κ1) is 24.5. The van der Waals surface area contributed by atoms with Crippen LogP contribution in [0.2, 0.25) is 0 Å². The number of anilines is 2. The Labute approximate surface area is 203 Å². The van der Waals surface area contributed by atoms with E-state index in [1.807, 2.05) is 0 Å². The molecule has 2 aliphatic heterocycles. The van der Waals surface area contributed by atoms with Gasteiger partial charge >= 0.3 is 6.18 Å². The van der Waals surface area contributed by atoms with E-state index >= 15 is 0 Å². The molecule has 3 atom stereocenters. The summed E-state index contributed by atoms with van der Waals surface area (Å²) in [6.07, 6.45) is -6.00. The lowest BCUT2D eigenvalue weighted by Crippen LogP contribution is -2.60. The quantitative estimate of drug-likeness (QED) is 0.498. The number of fused-ring (bicyclic) bond motifs is 2. The van der Waals surface area contributed by atoms with Gasteiger partial charge in [-0.25, -0.2) is 17.5 Å². The van der Waals surface area contributed by atoms with E-state index < -0.39 is 45.8 Å². The number of aliphatic hydroxyl groups is 1. The van der Waals surface area contributed by atoms with Gasteiger partial charge in [0.05, 0.1) is 53.2 Å². The van der Waals surface area contributed by atoms with Crippen molar-refractivity contribution in [3.05, 3.63) is 78.1 Å². The summed E-state index contributed by atoms with van der Waals surface area (Å²) in [6, 6.07) is 11.7. The van der Waals surface area contributed by atoms with Crippen molar-refractivity contribution in [3.63, 3.8) is 0 Å². The third-order valence-corrected chi connectivity index (χ3v) is 7.55. The van der Waals surface area contributed by atoms with Crippen LogP contribution in [-0.2, 0) is 20.9 Å². The van der Waals surface area contributed by atoms with Crippen molar-refractivity contribution < 1.29 is 40.6 Å². The number of hydrogen-bond donors (Lipinski definition) is 2. The lowest BCUT2D eigenvalue weighted by molar-refractivity contribution is -0.137. The molecule has 190 valence electrons. The molecule has 5 rings (SSSR count). The predicted molar refractivity (Wildman–Crippen MR) is 121 cm³/mol. The first-order chi connectivity index (χ1) is 17.0. The summed E-state index contributed by atoms with van der Waals surface area (Å²) in [4.78, 5) is 1.27. The largest absolute Gasteiger partial charge is 0.453 e. The van der Waals surface area contributed by atoms with Gasteiger partial charge in [-0.2, -0.15) is 13.2 Å². The highest BCUT2D eigenvalue weighted by Crippen LogP contribution is 2.50. The molecule has 0 spiro atoms. The van der Waals surface area contributed by atoms with Gasteiger partial charge in [-0.3, -0.25) is 0 Å². The van der Waals surface area contributed by atoms with Crippen LogP contribution in [0.3, 0.4) is 0 Å². The number of hydrogen-bond acceptors (Lipinski definition) is 6. The Morgan fingerprint density at radius 1 is 0.944 bits per heavy atom. The van der Waals surface area contributed by atoms with Crippen molar-refractivity contribution in [1.29, 1.82) is 0 Å². The van der Waals surface area contributed by atoms with Crippen molar-refractivity contribution in [3.8, 4) is 11.5 Å². The highest BCUT2D eigenvalue weighted by atomic mass is 32.2. The molecule has 2 N–H and O–H groups in total. The molecular weight excluding hydrogens is 504 g/mol. The van der Waals surface area contributed by atoms with Crippen LogP contribution >= 0.6 is 0 Å². The molecule has 36 heavy (non-hydrogen) atoms. The fraction of sp³-hybridized carbons (Fsp3) is 0.250. The van der Waals surface area contributed by atoms with Crippen molar-refractivity contribution >= 4 is 21.4 Å². The minimum absolute atomic E-state index is 0.0539. The van der Waals surface area contributed by atoms with Crippen LogP contribution in [0, 0.1) is 5.82 Å². The number of rotatable bonds is 4. The summed E-state index contributed by atoms with van der Waals surface area (Å²) in [5, 5.41) is 11.2. The van der Waals surface area contributed by atoms with Crippen LogP contribution in [0.15, 0.2) is 71.6 Å². The molecule has 0 unspecified atom stereocenters. The number of benzene rings is 3. The van der Waals surface area contributed by atoms with Crippen molar-refractivity contribution in [2.24, 2.45) is 0 Å². The maximum absolute atomic E-state index is 13.5. The molecule has 2 aliphatic rings. The molecule has 0 aliphatic carbocycles. The monoisotopic (exact) mass is 524 g/mol. The molecule has 0 radical (unpaired) electrons. The average Bonchev–Trinajstić information content (AvgIpc) is 2.83. The summed E-state index contributed by atoms with van der Waals surface area (Å²) in [6.45, 7) is -0.278. The van der Waals surface area contributed by atoms with Gasteiger partial charge in [0.1, 0.15) is 5.82 Å². The Morgan fingerprint density at radius 2 is 1.64 bits per heavy atom. The van der Waals surface area contributed by atoms with Crippen LogP contribution in [-0.4, -0.2) is 44.9 Å². The van der Waals surface area contributed by atoms with Crippen LogP contribution in [0.1, 0.15) is 5.56 Å². The van der Waals surface area contributed by atoms with Crippen LogP contribution in [0.5, 0.6) is 11.5 Å². The molecule has 0 amide bonds. The Kier molecular flexibility index (Phi) is 6.15. The zero-order chi connectivity index (χ0) is 25.7. The first-order valence-electron chi connectivity index (χ1n) is 10.9. The fourth-order valence-corrected chi connectivity index (χ4v) is 5.55. The lowest BCUT2D eigenvalue weighted by atomic mass is 9.98. The summed E-state index contributed by atoms with van der Waals surface area (Å²) < 4.78 is 93.2. The van der Waals surface area contributed by atoms with Crippen LogP contribution < -0.4 is 14.4 Å². The van der Waals surface area contributed by atoms with E-state index in [1.165, 1.54) is 11.0 Å². The van der Waals surface area contributed by atoms with E-state index in [-0.39, 0.29) is 29.5 Å². The number of ether oxygens (including phenoxy) is 2. The van der Waals surface area contributed by atoms with Gasteiger partial charge in [0.15, 0.2) is 11.5 Å². The Hall–Kier alpha value is -3.19. The normalized spacial score (nSPS) is 21.9. The zero-order valence-electron chi connectivity index (χ0n) is 18.4. The third kappa shape index (κ3) is 4.52. The maximum atomic E-state index is 13.5. The molecule has 12 heteroatoms. The molecule has 1 saturated heterocycles. The molecule has 3 aromatic carbocycles. The SMILES string of the molecule is O=S(=O)(N[C@@H]1COC[C@H](N2c3ccccc3Oc3ccc(C(F)(F)F)cc32)[C@H]1O)c1ccc(F)cc1. The second kappa shape index (κ2) is 9.04. The Bertz CT molecular complexity index is 1380. The number of sulfonamides is 1. The van der Waals surface area contributed by atoms with Crippen LogP contribution in [0.25, 0.3) is 0 Å². The number of nitrogens with zero attached hydrogens (tertiary/aromatic N) is 1. The zero-order valence-corrected chi connectivity index (χ0v) is 19.3. The third-order valence-electron chi connectivity index (χ3n) is 6.05. The number of nitrogens with one attached hydrogen (secondary N) is 1. The molecule has 1 fully saturated rings. The van der Waals surface area contributed by atoms with Gasteiger partial charge in [0.25, 0.3) is 0 Å². The lowest BCUT2D eigenvalue weighted by Gasteiger charge is -2.44. The number of para-hydroxylation sites is 2. The van der Waals surface area contributed by atoms with Gasteiger partial charge in [-0.05, 0) is 54.6 Å². The fourth-order valence-electron chi connectivity index (χ4n) is 4.31. The average molecular weight is 524 g/mol. The second-order valence-electron chi connectivity index (χ2n) is 8.40. The van der Waals surface area contributed by atoms with E-state index in [4.69, 9.17) is 9.47 Å². The van der Waals surface area contributed by atoms with Crippen LogP contribution in [0.4, 0.5) is 28.9 Å². The highest BCUT2D eigenvalue weighted by molar-refractivity contribution is 7.89. The molecule has 2 heterocycles. The topological polar surface area (TPSA) is 88.1 Å². The molecular formula is C24H20F4N2O5S. The van der Waals surface area contributed by atoms with E-state index in [0.29, 0.717) is 11.4 Å². The van der Waals surface area contributed by atoms with Gasteiger partial charge in [-0.1, -0.05) is 12.1 Å². The molecule has 0 aromatic heterocycles. The van der Waals surface area contributed by atoms with E-state index in [0.717, 1.165) is 36.4 Å².